The highest BCUT2D eigenvalue weighted by atomic mass is 19.4. The van der Waals surface area contributed by atoms with E-state index in [1.165, 1.54) is 24.3 Å². The number of amides is 1. The van der Waals surface area contributed by atoms with E-state index in [0.29, 0.717) is 12.2 Å². The summed E-state index contributed by atoms with van der Waals surface area (Å²) in [7, 11) is 0. The van der Waals surface area contributed by atoms with Crippen molar-refractivity contribution in [3.63, 3.8) is 0 Å². The Kier molecular flexibility index (Phi) is 5.53. The molecule has 2 aromatic heterocycles. The van der Waals surface area contributed by atoms with Crippen molar-refractivity contribution in [1.29, 1.82) is 0 Å². The van der Waals surface area contributed by atoms with Crippen molar-refractivity contribution in [1.82, 2.24) is 15.0 Å². The van der Waals surface area contributed by atoms with E-state index in [9.17, 15) is 18.0 Å². The molecule has 0 spiro atoms. The minimum absolute atomic E-state index is 0.0401. The monoisotopic (exact) mass is 387 g/mol. The normalized spacial score (nSPS) is 11.1. The van der Waals surface area contributed by atoms with Crippen molar-refractivity contribution in [3.8, 4) is 0 Å². The predicted molar refractivity (Wildman–Crippen MR) is 97.7 cm³/mol. The van der Waals surface area contributed by atoms with Gasteiger partial charge in [-0.15, -0.1) is 0 Å². The third kappa shape index (κ3) is 4.81. The van der Waals surface area contributed by atoms with Crippen molar-refractivity contribution < 1.29 is 18.0 Å². The summed E-state index contributed by atoms with van der Waals surface area (Å²) in [5, 5.41) is 5.26. The number of carbonyl (C=O) groups excluding carboxylic acids is 1. The molecule has 2 heterocycles. The molecule has 2 N–H and O–H groups in total. The smallest absolute Gasteiger partial charge is 0.350 e. The van der Waals surface area contributed by atoms with Crippen LogP contribution in [0.2, 0.25) is 0 Å². The topological polar surface area (TPSA) is 79.8 Å². The lowest BCUT2D eigenvalue weighted by molar-refractivity contribution is -0.136. The van der Waals surface area contributed by atoms with Crippen molar-refractivity contribution in [2.75, 3.05) is 10.6 Å². The van der Waals surface area contributed by atoms with Crippen LogP contribution < -0.4 is 10.6 Å². The minimum atomic E-state index is -4.58. The third-order valence-electron chi connectivity index (χ3n) is 3.77. The first-order valence-corrected chi connectivity index (χ1v) is 8.29. The highest BCUT2D eigenvalue weighted by Crippen LogP contribution is 2.34. The van der Waals surface area contributed by atoms with Crippen LogP contribution >= 0.6 is 0 Å². The van der Waals surface area contributed by atoms with Gasteiger partial charge in [-0.05, 0) is 42.8 Å². The van der Waals surface area contributed by atoms with E-state index < -0.39 is 17.6 Å². The predicted octanol–water partition coefficient (Wildman–Crippen LogP) is 4.06. The molecule has 1 aromatic carbocycles. The summed E-state index contributed by atoms with van der Waals surface area (Å²) >= 11 is 0. The van der Waals surface area contributed by atoms with Crippen LogP contribution in [0.25, 0.3) is 0 Å². The largest absolute Gasteiger partial charge is 0.418 e. The van der Waals surface area contributed by atoms with E-state index in [0.717, 1.165) is 11.6 Å². The van der Waals surface area contributed by atoms with Crippen molar-refractivity contribution >= 4 is 17.5 Å². The van der Waals surface area contributed by atoms with Gasteiger partial charge in [-0.25, -0.2) is 9.97 Å². The zero-order chi connectivity index (χ0) is 20.1. The molecule has 0 aliphatic rings. The van der Waals surface area contributed by atoms with Crippen LogP contribution in [-0.4, -0.2) is 20.9 Å². The Morgan fingerprint density at radius 2 is 1.79 bits per heavy atom. The molecule has 6 nitrogen and oxygen atoms in total. The fourth-order valence-corrected chi connectivity index (χ4v) is 2.47. The van der Waals surface area contributed by atoms with E-state index in [4.69, 9.17) is 0 Å². The lowest BCUT2D eigenvalue weighted by atomic mass is 10.1. The summed E-state index contributed by atoms with van der Waals surface area (Å²) in [6.07, 6.45) is -1.29. The third-order valence-corrected chi connectivity index (χ3v) is 3.77. The Morgan fingerprint density at radius 3 is 2.50 bits per heavy atom. The van der Waals surface area contributed by atoms with Gasteiger partial charge < -0.3 is 10.6 Å². The van der Waals surface area contributed by atoms with Gasteiger partial charge in [-0.1, -0.05) is 12.1 Å². The van der Waals surface area contributed by atoms with Crippen LogP contribution in [-0.2, 0) is 12.7 Å². The van der Waals surface area contributed by atoms with Gasteiger partial charge in [0.1, 0.15) is 5.69 Å². The lowest BCUT2D eigenvalue weighted by Crippen LogP contribution is -2.19. The van der Waals surface area contributed by atoms with Gasteiger partial charge in [-0.2, -0.15) is 13.2 Å². The molecule has 0 fully saturated rings. The second-order valence-electron chi connectivity index (χ2n) is 5.92. The number of nitrogens with one attached hydrogen (secondary N) is 2. The molecule has 0 saturated heterocycles. The average molecular weight is 387 g/mol. The first-order chi connectivity index (χ1) is 13.3. The first-order valence-electron chi connectivity index (χ1n) is 8.29. The summed E-state index contributed by atoms with van der Waals surface area (Å²) in [6.45, 7) is 2.07. The second kappa shape index (κ2) is 8.03. The van der Waals surface area contributed by atoms with Crippen LogP contribution in [0.5, 0.6) is 0 Å². The van der Waals surface area contributed by atoms with Gasteiger partial charge in [0, 0.05) is 24.6 Å². The van der Waals surface area contributed by atoms with Crippen LogP contribution in [0.4, 0.5) is 24.8 Å². The van der Waals surface area contributed by atoms with E-state index in [1.807, 2.05) is 12.1 Å². The van der Waals surface area contributed by atoms with Gasteiger partial charge in [0.2, 0.25) is 5.95 Å². The molecule has 0 aliphatic heterocycles. The molecule has 0 unspecified atom stereocenters. The van der Waals surface area contributed by atoms with E-state index in [2.05, 4.69) is 25.6 Å². The number of alkyl halides is 3. The van der Waals surface area contributed by atoms with Gasteiger partial charge in [0.25, 0.3) is 5.91 Å². The van der Waals surface area contributed by atoms with Gasteiger partial charge in [0.05, 0.1) is 11.3 Å². The number of aryl methyl sites for hydroxylation is 1. The number of benzene rings is 1. The van der Waals surface area contributed by atoms with Crippen LogP contribution in [0.15, 0.2) is 54.9 Å². The Hall–Kier alpha value is -3.49. The number of carbonyl (C=O) groups is 1. The van der Waals surface area contributed by atoms with Crippen LogP contribution in [0, 0.1) is 6.92 Å². The quantitative estimate of drug-likeness (QED) is 0.690. The van der Waals surface area contributed by atoms with Crippen LogP contribution in [0.1, 0.15) is 27.3 Å². The molecule has 0 aliphatic carbocycles. The summed E-state index contributed by atoms with van der Waals surface area (Å²) in [5.41, 5.74) is 0.140. The molecule has 0 saturated carbocycles. The van der Waals surface area contributed by atoms with E-state index in [-0.39, 0.29) is 17.3 Å². The summed E-state index contributed by atoms with van der Waals surface area (Å²) in [4.78, 5) is 24.7. The summed E-state index contributed by atoms with van der Waals surface area (Å²) in [6, 6.07) is 9.80. The van der Waals surface area contributed by atoms with E-state index in [1.54, 1.807) is 19.3 Å². The number of hydrogen-bond donors (Lipinski definition) is 2. The second-order valence-corrected chi connectivity index (χ2v) is 5.92. The molecule has 144 valence electrons. The molecule has 28 heavy (non-hydrogen) atoms. The maximum atomic E-state index is 13.1. The zero-order valence-electron chi connectivity index (χ0n) is 14.8. The number of anilines is 2. The molecular weight excluding hydrogens is 371 g/mol. The average Bonchev–Trinajstić information content (AvgIpc) is 2.66. The molecule has 3 rings (SSSR count). The Labute approximate surface area is 158 Å². The number of para-hydroxylation sites is 1. The van der Waals surface area contributed by atoms with Gasteiger partial charge >= 0.3 is 6.18 Å². The van der Waals surface area contributed by atoms with Crippen molar-refractivity contribution in [2.24, 2.45) is 0 Å². The molecule has 9 heteroatoms. The number of pyridine rings is 1. The Morgan fingerprint density at radius 1 is 1.07 bits per heavy atom. The zero-order valence-corrected chi connectivity index (χ0v) is 14.8. The number of rotatable bonds is 5. The van der Waals surface area contributed by atoms with Gasteiger partial charge in [-0.3, -0.25) is 9.78 Å². The number of halogens is 3. The molecule has 0 bridgehead atoms. The molecule has 1 amide bonds. The Bertz CT molecular complexity index is 977. The van der Waals surface area contributed by atoms with E-state index >= 15 is 0 Å². The fourth-order valence-electron chi connectivity index (χ4n) is 2.47. The minimum Gasteiger partial charge on any atom is -0.350 e. The Balaban J connectivity index is 1.78. The van der Waals surface area contributed by atoms with Crippen molar-refractivity contribution in [3.05, 3.63) is 77.4 Å². The molecule has 0 radical (unpaired) electrons. The van der Waals surface area contributed by atoms with Gasteiger partial charge in [0.15, 0.2) is 0 Å². The molecular formula is C19H16F3N5O. The summed E-state index contributed by atoms with van der Waals surface area (Å²) in [5.74, 6) is -0.555. The maximum Gasteiger partial charge on any atom is 0.418 e. The number of hydrogen-bond acceptors (Lipinski definition) is 5. The molecule has 0 atom stereocenters. The fraction of sp³-hybridized carbons (Fsp3) is 0.158. The number of nitrogens with zero attached hydrogens (tertiary/aromatic N) is 3. The standard InChI is InChI=1S/C19H16F3N5O/c1-12-10-16(27-18(25-12)24-11-13-6-8-23-9-7-13)17(28)26-15-5-3-2-4-14(15)19(20,21)22/h2-10H,11H2,1H3,(H,26,28)(H,24,25,27). The SMILES string of the molecule is Cc1cc(C(=O)Nc2ccccc2C(F)(F)F)nc(NCc2ccncc2)n1. The number of aromatic nitrogens is 3. The van der Waals surface area contributed by atoms with Crippen molar-refractivity contribution in [2.45, 2.75) is 19.6 Å². The molecule has 3 aromatic rings. The summed E-state index contributed by atoms with van der Waals surface area (Å²) < 4.78 is 39.3. The maximum absolute atomic E-state index is 13.1. The highest BCUT2D eigenvalue weighted by Gasteiger charge is 2.33. The first kappa shape index (κ1) is 19.3. The highest BCUT2D eigenvalue weighted by molar-refractivity contribution is 6.03. The van der Waals surface area contributed by atoms with Crippen LogP contribution in [0.3, 0.4) is 0 Å². The lowest BCUT2D eigenvalue weighted by Gasteiger charge is -2.14.